The number of H-pyrrole nitrogens is 1. The minimum absolute atomic E-state index is 0.250. The van der Waals surface area contributed by atoms with Crippen LogP contribution in [-0.4, -0.2) is 14.8 Å². The molecule has 0 aliphatic carbocycles. The van der Waals surface area contributed by atoms with Gasteiger partial charge in [0.1, 0.15) is 17.3 Å². The SMILES string of the molecule is CCc1n[nH]c(=S)n1-c1c(F)cccc1Cl. The average molecular weight is 258 g/mol. The van der Waals surface area contributed by atoms with Crippen molar-refractivity contribution in [3.63, 3.8) is 0 Å². The third-order valence-electron chi connectivity index (χ3n) is 2.22. The van der Waals surface area contributed by atoms with E-state index in [4.69, 9.17) is 23.8 Å². The van der Waals surface area contributed by atoms with Crippen LogP contribution in [0.5, 0.6) is 0 Å². The number of para-hydroxylation sites is 1. The van der Waals surface area contributed by atoms with Crippen molar-refractivity contribution in [2.75, 3.05) is 0 Å². The number of hydrogen-bond acceptors (Lipinski definition) is 2. The van der Waals surface area contributed by atoms with E-state index in [2.05, 4.69) is 10.2 Å². The second kappa shape index (κ2) is 4.35. The molecule has 0 saturated carbocycles. The van der Waals surface area contributed by atoms with E-state index in [1.54, 1.807) is 12.1 Å². The highest BCUT2D eigenvalue weighted by molar-refractivity contribution is 7.71. The second-order valence-corrected chi connectivity index (χ2v) is 4.00. The monoisotopic (exact) mass is 257 g/mol. The molecule has 0 fully saturated rings. The van der Waals surface area contributed by atoms with Gasteiger partial charge < -0.3 is 0 Å². The van der Waals surface area contributed by atoms with Gasteiger partial charge in [-0.05, 0) is 24.4 Å². The standard InChI is InChI=1S/C10H9ClFN3S/c1-2-8-13-14-10(16)15(8)9-6(11)4-3-5-7(9)12/h3-5H,2H2,1H3,(H,14,16). The molecular weight excluding hydrogens is 249 g/mol. The number of aromatic amines is 1. The van der Waals surface area contributed by atoms with Crippen LogP contribution >= 0.6 is 23.8 Å². The predicted molar refractivity (Wildman–Crippen MR) is 63.1 cm³/mol. The molecule has 0 bridgehead atoms. The zero-order valence-electron chi connectivity index (χ0n) is 8.50. The maximum atomic E-state index is 13.7. The van der Waals surface area contributed by atoms with Crippen molar-refractivity contribution in [1.82, 2.24) is 14.8 Å². The number of nitrogens with one attached hydrogen (secondary N) is 1. The molecular formula is C10H9ClFN3S. The Morgan fingerprint density at radius 1 is 1.56 bits per heavy atom. The van der Waals surface area contributed by atoms with Crippen LogP contribution in [0.15, 0.2) is 18.2 Å². The van der Waals surface area contributed by atoms with Crippen LogP contribution in [0.1, 0.15) is 12.7 Å². The highest BCUT2D eigenvalue weighted by Gasteiger charge is 2.14. The second-order valence-electron chi connectivity index (χ2n) is 3.20. The van der Waals surface area contributed by atoms with Gasteiger partial charge in [-0.1, -0.05) is 24.6 Å². The van der Waals surface area contributed by atoms with E-state index in [1.807, 2.05) is 6.92 Å². The van der Waals surface area contributed by atoms with Gasteiger partial charge >= 0.3 is 0 Å². The zero-order chi connectivity index (χ0) is 11.7. The van der Waals surface area contributed by atoms with Gasteiger partial charge in [-0.2, -0.15) is 5.10 Å². The van der Waals surface area contributed by atoms with Crippen molar-refractivity contribution in [2.24, 2.45) is 0 Å². The normalized spacial score (nSPS) is 10.7. The van der Waals surface area contributed by atoms with E-state index < -0.39 is 5.82 Å². The number of aromatic nitrogens is 3. The fraction of sp³-hybridized carbons (Fsp3) is 0.200. The molecule has 0 aliphatic heterocycles. The lowest BCUT2D eigenvalue weighted by Crippen LogP contribution is -2.03. The third-order valence-corrected chi connectivity index (χ3v) is 2.80. The Bertz CT molecular complexity index is 555. The summed E-state index contributed by atoms with van der Waals surface area (Å²) in [6, 6.07) is 4.51. The highest BCUT2D eigenvalue weighted by atomic mass is 35.5. The predicted octanol–water partition coefficient (Wildman–Crippen LogP) is 3.28. The van der Waals surface area contributed by atoms with Crippen LogP contribution in [-0.2, 0) is 6.42 Å². The highest BCUT2D eigenvalue weighted by Crippen LogP contribution is 2.24. The molecule has 1 heterocycles. The zero-order valence-corrected chi connectivity index (χ0v) is 10.1. The van der Waals surface area contributed by atoms with Gasteiger partial charge in [-0.3, -0.25) is 9.67 Å². The molecule has 2 aromatic rings. The molecule has 0 atom stereocenters. The number of aryl methyl sites for hydroxylation is 1. The van der Waals surface area contributed by atoms with Crippen LogP contribution in [0.3, 0.4) is 0 Å². The van der Waals surface area contributed by atoms with Crippen molar-refractivity contribution < 1.29 is 4.39 Å². The first-order chi connectivity index (χ1) is 7.65. The largest absolute Gasteiger partial charge is 0.268 e. The summed E-state index contributed by atoms with van der Waals surface area (Å²) in [7, 11) is 0. The van der Waals surface area contributed by atoms with Crippen molar-refractivity contribution in [1.29, 1.82) is 0 Å². The topological polar surface area (TPSA) is 33.6 Å². The number of halogens is 2. The molecule has 1 aromatic carbocycles. The van der Waals surface area contributed by atoms with E-state index in [0.29, 0.717) is 22.0 Å². The number of benzene rings is 1. The fourth-order valence-electron chi connectivity index (χ4n) is 1.50. The van der Waals surface area contributed by atoms with Crippen molar-refractivity contribution in [3.05, 3.63) is 39.6 Å². The summed E-state index contributed by atoms with van der Waals surface area (Å²) >= 11 is 11.0. The molecule has 3 nitrogen and oxygen atoms in total. The van der Waals surface area contributed by atoms with Gasteiger partial charge in [0.05, 0.1) is 5.02 Å². The smallest absolute Gasteiger partial charge is 0.200 e. The van der Waals surface area contributed by atoms with Gasteiger partial charge in [0.2, 0.25) is 0 Å². The molecule has 16 heavy (non-hydrogen) atoms. The summed E-state index contributed by atoms with van der Waals surface area (Å²) in [6.07, 6.45) is 0.637. The summed E-state index contributed by atoms with van der Waals surface area (Å²) in [5.74, 6) is 0.233. The summed E-state index contributed by atoms with van der Waals surface area (Å²) in [6.45, 7) is 1.91. The molecule has 0 saturated heterocycles. The van der Waals surface area contributed by atoms with Crippen LogP contribution in [0.2, 0.25) is 5.02 Å². The van der Waals surface area contributed by atoms with Crippen LogP contribution < -0.4 is 0 Å². The van der Waals surface area contributed by atoms with Crippen molar-refractivity contribution in [3.8, 4) is 5.69 Å². The summed E-state index contributed by atoms with van der Waals surface area (Å²) in [5.41, 5.74) is 0.250. The van der Waals surface area contributed by atoms with Gasteiger partial charge in [-0.25, -0.2) is 4.39 Å². The number of nitrogens with zero attached hydrogens (tertiary/aromatic N) is 2. The Hall–Kier alpha value is -1.20. The molecule has 0 aliphatic rings. The average Bonchev–Trinajstić information content (AvgIpc) is 2.60. The maximum absolute atomic E-state index is 13.7. The summed E-state index contributed by atoms with van der Waals surface area (Å²) in [5, 5.41) is 6.96. The third kappa shape index (κ3) is 1.76. The van der Waals surface area contributed by atoms with E-state index in [9.17, 15) is 4.39 Å². The minimum Gasteiger partial charge on any atom is -0.268 e. The number of hydrogen-bond donors (Lipinski definition) is 1. The maximum Gasteiger partial charge on any atom is 0.200 e. The Labute approximate surface area is 102 Å². The van der Waals surface area contributed by atoms with Crippen LogP contribution in [0, 0.1) is 10.6 Å². The van der Waals surface area contributed by atoms with E-state index >= 15 is 0 Å². The van der Waals surface area contributed by atoms with E-state index in [0.717, 1.165) is 0 Å². The lowest BCUT2D eigenvalue weighted by atomic mass is 10.3. The van der Waals surface area contributed by atoms with Gasteiger partial charge in [0, 0.05) is 6.42 Å². The molecule has 1 aromatic heterocycles. The lowest BCUT2D eigenvalue weighted by Gasteiger charge is -2.08. The van der Waals surface area contributed by atoms with Gasteiger partial charge in [0.25, 0.3) is 0 Å². The first-order valence-corrected chi connectivity index (χ1v) is 5.54. The molecule has 0 spiro atoms. The Kier molecular flexibility index (Phi) is 3.07. The minimum atomic E-state index is -0.417. The molecule has 2 rings (SSSR count). The lowest BCUT2D eigenvalue weighted by molar-refractivity contribution is 0.614. The van der Waals surface area contributed by atoms with Gasteiger partial charge in [0.15, 0.2) is 4.77 Å². The Morgan fingerprint density at radius 3 is 2.94 bits per heavy atom. The molecule has 1 N–H and O–H groups in total. The van der Waals surface area contributed by atoms with E-state index in [-0.39, 0.29) is 5.69 Å². The first-order valence-electron chi connectivity index (χ1n) is 4.75. The summed E-state index contributed by atoms with van der Waals surface area (Å²) < 4.78 is 15.6. The fourth-order valence-corrected chi connectivity index (χ4v) is 1.99. The van der Waals surface area contributed by atoms with Crippen molar-refractivity contribution in [2.45, 2.75) is 13.3 Å². The molecule has 84 valence electrons. The number of rotatable bonds is 2. The van der Waals surface area contributed by atoms with Crippen LogP contribution in [0.25, 0.3) is 5.69 Å². The quantitative estimate of drug-likeness (QED) is 0.838. The Morgan fingerprint density at radius 2 is 2.31 bits per heavy atom. The molecule has 0 radical (unpaired) electrons. The van der Waals surface area contributed by atoms with Gasteiger partial charge in [-0.15, -0.1) is 0 Å². The molecule has 0 unspecified atom stereocenters. The van der Waals surface area contributed by atoms with Crippen molar-refractivity contribution >= 4 is 23.8 Å². The summed E-state index contributed by atoms with van der Waals surface area (Å²) in [4.78, 5) is 0. The van der Waals surface area contributed by atoms with Crippen LogP contribution in [0.4, 0.5) is 4.39 Å². The first kappa shape index (κ1) is 11.3. The molecule has 0 amide bonds. The molecule has 6 heteroatoms. The van der Waals surface area contributed by atoms with E-state index in [1.165, 1.54) is 10.6 Å². The Balaban J connectivity index is 2.76.